The zero-order chi connectivity index (χ0) is 13.1. The third kappa shape index (κ3) is 3.92. The molecule has 0 atom stereocenters. The van der Waals surface area contributed by atoms with E-state index < -0.39 is 17.7 Å². The van der Waals surface area contributed by atoms with Crippen LogP contribution in [0, 0.1) is 0 Å². The maximum atomic E-state index is 12.7. The van der Waals surface area contributed by atoms with Crippen LogP contribution in [-0.4, -0.2) is 19.6 Å². The monoisotopic (exact) mass is 311 g/mol. The molecular weight excluding hydrogens is 303 g/mol. The lowest BCUT2D eigenvalue weighted by molar-refractivity contribution is -0.139. The molecule has 0 aromatic heterocycles. The average molecular weight is 312 g/mol. The standard InChI is InChI=1S/C10H9BrF3NO2/c1-17-9(16)5-15-8-3-2-6(11)4-7(8)10(12,13)14/h2-4,15H,5H2,1H3. The average Bonchev–Trinajstić information content (AvgIpc) is 2.25. The van der Waals surface area contributed by atoms with Crippen LogP contribution in [0.15, 0.2) is 22.7 Å². The molecule has 0 aliphatic heterocycles. The van der Waals surface area contributed by atoms with E-state index in [0.29, 0.717) is 4.47 Å². The van der Waals surface area contributed by atoms with Gasteiger partial charge < -0.3 is 10.1 Å². The summed E-state index contributed by atoms with van der Waals surface area (Å²) >= 11 is 2.96. The van der Waals surface area contributed by atoms with E-state index in [1.807, 2.05) is 0 Å². The Morgan fingerprint density at radius 1 is 1.47 bits per heavy atom. The predicted octanol–water partition coefficient (Wildman–Crippen LogP) is 3.05. The molecule has 0 fully saturated rings. The number of benzene rings is 1. The minimum atomic E-state index is -4.48. The van der Waals surface area contributed by atoms with E-state index in [2.05, 4.69) is 26.0 Å². The summed E-state index contributed by atoms with van der Waals surface area (Å²) in [7, 11) is 1.16. The lowest BCUT2D eigenvalue weighted by Crippen LogP contribution is -2.18. The Hall–Kier alpha value is -1.24. The summed E-state index contributed by atoms with van der Waals surface area (Å²) in [5.41, 5.74) is -0.998. The SMILES string of the molecule is COC(=O)CNc1ccc(Br)cc1C(F)(F)F. The van der Waals surface area contributed by atoms with E-state index >= 15 is 0 Å². The minimum absolute atomic E-state index is 0.161. The predicted molar refractivity (Wildman–Crippen MR) is 59.6 cm³/mol. The van der Waals surface area contributed by atoms with Crippen molar-refractivity contribution in [3.8, 4) is 0 Å². The third-order valence-corrected chi connectivity index (χ3v) is 2.43. The summed E-state index contributed by atoms with van der Waals surface area (Å²) in [5.74, 6) is -0.638. The van der Waals surface area contributed by atoms with Gasteiger partial charge in [-0.25, -0.2) is 0 Å². The fourth-order valence-electron chi connectivity index (χ4n) is 1.14. The highest BCUT2D eigenvalue weighted by Crippen LogP contribution is 2.36. The van der Waals surface area contributed by atoms with Gasteiger partial charge in [-0.1, -0.05) is 15.9 Å². The number of carbonyl (C=O) groups is 1. The number of esters is 1. The van der Waals surface area contributed by atoms with Crippen LogP contribution in [0.4, 0.5) is 18.9 Å². The van der Waals surface area contributed by atoms with Crippen LogP contribution in [0.1, 0.15) is 5.56 Å². The first kappa shape index (κ1) is 13.8. The first-order valence-electron chi connectivity index (χ1n) is 4.52. The number of nitrogens with one attached hydrogen (secondary N) is 1. The van der Waals surface area contributed by atoms with Gasteiger partial charge in [0.15, 0.2) is 0 Å². The summed E-state index contributed by atoms with van der Waals surface area (Å²) in [6, 6.07) is 3.64. The molecule has 0 heterocycles. The molecule has 0 saturated heterocycles. The van der Waals surface area contributed by atoms with Crippen molar-refractivity contribution in [2.45, 2.75) is 6.18 Å². The Kier molecular flexibility index (Phi) is 4.39. The highest BCUT2D eigenvalue weighted by atomic mass is 79.9. The number of hydrogen-bond acceptors (Lipinski definition) is 3. The highest BCUT2D eigenvalue weighted by molar-refractivity contribution is 9.10. The maximum absolute atomic E-state index is 12.7. The molecule has 0 unspecified atom stereocenters. The highest BCUT2D eigenvalue weighted by Gasteiger charge is 2.33. The van der Waals surface area contributed by atoms with Crippen molar-refractivity contribution in [1.29, 1.82) is 0 Å². The number of methoxy groups -OCH3 is 1. The molecule has 94 valence electrons. The van der Waals surface area contributed by atoms with Gasteiger partial charge in [-0.05, 0) is 18.2 Å². The van der Waals surface area contributed by atoms with Crippen molar-refractivity contribution in [2.24, 2.45) is 0 Å². The smallest absolute Gasteiger partial charge is 0.418 e. The van der Waals surface area contributed by atoms with Gasteiger partial charge in [0.05, 0.1) is 12.7 Å². The van der Waals surface area contributed by atoms with Gasteiger partial charge in [0.1, 0.15) is 6.54 Å². The van der Waals surface area contributed by atoms with E-state index in [1.165, 1.54) is 12.1 Å². The lowest BCUT2D eigenvalue weighted by atomic mass is 10.1. The number of ether oxygens (including phenoxy) is 1. The number of anilines is 1. The summed E-state index contributed by atoms with van der Waals surface area (Å²) < 4.78 is 42.6. The van der Waals surface area contributed by atoms with E-state index in [4.69, 9.17) is 0 Å². The molecule has 0 saturated carbocycles. The number of rotatable bonds is 3. The molecular formula is C10H9BrF3NO2. The van der Waals surface area contributed by atoms with E-state index in [0.717, 1.165) is 13.2 Å². The summed E-state index contributed by atoms with van der Waals surface area (Å²) in [6.07, 6.45) is -4.48. The molecule has 1 N–H and O–H groups in total. The van der Waals surface area contributed by atoms with Crippen LogP contribution < -0.4 is 5.32 Å². The van der Waals surface area contributed by atoms with Crippen molar-refractivity contribution in [1.82, 2.24) is 0 Å². The largest absolute Gasteiger partial charge is 0.468 e. The molecule has 0 bridgehead atoms. The molecule has 7 heteroatoms. The van der Waals surface area contributed by atoms with Crippen LogP contribution >= 0.6 is 15.9 Å². The topological polar surface area (TPSA) is 38.3 Å². The Morgan fingerprint density at radius 2 is 2.12 bits per heavy atom. The van der Waals surface area contributed by atoms with Gasteiger partial charge in [-0.15, -0.1) is 0 Å². The molecule has 17 heavy (non-hydrogen) atoms. The molecule has 1 aromatic carbocycles. The zero-order valence-corrected chi connectivity index (χ0v) is 10.4. The molecule has 3 nitrogen and oxygen atoms in total. The van der Waals surface area contributed by atoms with Crippen molar-refractivity contribution >= 4 is 27.6 Å². The summed E-state index contributed by atoms with van der Waals surface area (Å²) in [4.78, 5) is 10.8. The second kappa shape index (κ2) is 5.39. The maximum Gasteiger partial charge on any atom is 0.418 e. The molecule has 0 radical (unpaired) electrons. The third-order valence-electron chi connectivity index (χ3n) is 1.94. The van der Waals surface area contributed by atoms with Crippen molar-refractivity contribution < 1.29 is 22.7 Å². The van der Waals surface area contributed by atoms with Crippen molar-refractivity contribution in [2.75, 3.05) is 19.0 Å². The Labute approximate surface area is 104 Å². The molecule has 0 amide bonds. The quantitative estimate of drug-likeness (QED) is 0.872. The van der Waals surface area contributed by atoms with Crippen molar-refractivity contribution in [3.63, 3.8) is 0 Å². The number of hydrogen-bond donors (Lipinski definition) is 1. The first-order valence-corrected chi connectivity index (χ1v) is 5.31. The van der Waals surface area contributed by atoms with Gasteiger partial charge >= 0.3 is 12.1 Å². The minimum Gasteiger partial charge on any atom is -0.468 e. The Bertz CT molecular complexity index is 421. The zero-order valence-electron chi connectivity index (χ0n) is 8.77. The van der Waals surface area contributed by atoms with Crippen LogP contribution in [0.5, 0.6) is 0 Å². The number of carbonyl (C=O) groups excluding carboxylic acids is 1. The van der Waals surface area contributed by atoms with Crippen LogP contribution in [0.3, 0.4) is 0 Å². The molecule has 1 aromatic rings. The van der Waals surface area contributed by atoms with Crippen LogP contribution in [-0.2, 0) is 15.7 Å². The van der Waals surface area contributed by atoms with Crippen LogP contribution in [0.25, 0.3) is 0 Å². The summed E-state index contributed by atoms with van der Waals surface area (Å²) in [5, 5.41) is 2.38. The fraction of sp³-hybridized carbons (Fsp3) is 0.300. The van der Waals surface area contributed by atoms with Crippen molar-refractivity contribution in [3.05, 3.63) is 28.2 Å². The van der Waals surface area contributed by atoms with Crippen LogP contribution in [0.2, 0.25) is 0 Å². The first-order chi connectivity index (χ1) is 7.84. The second-order valence-electron chi connectivity index (χ2n) is 3.12. The Morgan fingerprint density at radius 3 is 2.65 bits per heavy atom. The molecule has 0 aliphatic carbocycles. The number of halogens is 4. The molecule has 0 spiro atoms. The normalized spacial score (nSPS) is 11.1. The Balaban J connectivity index is 2.95. The van der Waals surface area contributed by atoms with Gasteiger partial charge in [0.2, 0.25) is 0 Å². The van der Waals surface area contributed by atoms with E-state index in [1.54, 1.807) is 0 Å². The number of alkyl halides is 3. The van der Waals surface area contributed by atoms with E-state index in [-0.39, 0.29) is 12.2 Å². The molecule has 0 aliphatic rings. The summed E-state index contributed by atoms with van der Waals surface area (Å²) in [6.45, 7) is -0.318. The van der Waals surface area contributed by atoms with Gasteiger partial charge in [-0.2, -0.15) is 13.2 Å². The van der Waals surface area contributed by atoms with E-state index in [9.17, 15) is 18.0 Å². The molecule has 1 rings (SSSR count). The lowest BCUT2D eigenvalue weighted by Gasteiger charge is -2.14. The second-order valence-corrected chi connectivity index (χ2v) is 4.03. The van der Waals surface area contributed by atoms with Gasteiger partial charge in [0, 0.05) is 10.2 Å². The van der Waals surface area contributed by atoms with Gasteiger partial charge in [0.25, 0.3) is 0 Å². The fourth-order valence-corrected chi connectivity index (χ4v) is 1.51. The van der Waals surface area contributed by atoms with Gasteiger partial charge in [-0.3, -0.25) is 4.79 Å².